The van der Waals surface area contributed by atoms with Gasteiger partial charge in [-0.05, 0) is 28.1 Å². The molecule has 0 aliphatic carbocycles. The molecule has 0 atom stereocenters. The van der Waals surface area contributed by atoms with Gasteiger partial charge in [0.1, 0.15) is 0 Å². The molecule has 8 heteroatoms. The van der Waals surface area contributed by atoms with Gasteiger partial charge in [-0.25, -0.2) is 10.3 Å². The van der Waals surface area contributed by atoms with Crippen molar-refractivity contribution in [2.24, 2.45) is 10.7 Å². The topological polar surface area (TPSA) is 93.5 Å². The zero-order valence-corrected chi connectivity index (χ0v) is 7.13. The first-order valence-electron chi connectivity index (χ1n) is 2.78. The van der Waals surface area contributed by atoms with E-state index in [1.165, 1.54) is 0 Å². The molecular weight excluding hydrogens is 207 g/mol. The lowest BCUT2D eigenvalue weighted by molar-refractivity contribution is -0.433. The largest absolute Gasteiger partial charge is 0.377 e. The van der Waals surface area contributed by atoms with Gasteiger partial charge >= 0.3 is 5.82 Å². The minimum Gasteiger partial charge on any atom is -0.377 e. The molecule has 0 saturated carbocycles. The molecule has 1 aliphatic heterocycles. The van der Waals surface area contributed by atoms with Gasteiger partial charge in [-0.2, -0.15) is 0 Å². The molecule has 12 heavy (non-hydrogen) atoms. The van der Waals surface area contributed by atoms with Crippen LogP contribution in [0.3, 0.4) is 0 Å². The van der Waals surface area contributed by atoms with Crippen molar-refractivity contribution in [1.29, 1.82) is 0 Å². The predicted octanol–water partition coefficient (Wildman–Crippen LogP) is 0.154. The molecule has 1 rings (SSSR count). The first kappa shape index (κ1) is 9.08. The van der Waals surface area contributed by atoms with Crippen molar-refractivity contribution in [2.75, 3.05) is 0 Å². The lowest BCUT2D eigenvalue weighted by Crippen LogP contribution is -2.41. The highest BCUT2D eigenvalue weighted by Crippen LogP contribution is 2.20. The highest BCUT2D eigenvalue weighted by atomic mass is 35.5. The summed E-state index contributed by atoms with van der Waals surface area (Å²) < 4.78 is -1.56. The quantitative estimate of drug-likeness (QED) is 0.279. The van der Waals surface area contributed by atoms with Crippen molar-refractivity contribution in [3.63, 3.8) is 0 Å². The van der Waals surface area contributed by atoms with Crippen molar-refractivity contribution >= 4 is 29.4 Å². The van der Waals surface area contributed by atoms with Gasteiger partial charge < -0.3 is 15.8 Å². The number of halogens is 2. The standard InChI is InChI=1S/C4H4Cl2N4O2/c5-4(6)1-8-2(7)3(9-4)10(11)12/h1,9H,7H2. The smallest absolute Gasteiger partial charge is 0.361 e. The Kier molecular flexibility index (Phi) is 2.12. The fourth-order valence-corrected chi connectivity index (χ4v) is 0.882. The molecule has 0 fully saturated rings. The summed E-state index contributed by atoms with van der Waals surface area (Å²) in [6.07, 6.45) is 1.07. The third-order valence-corrected chi connectivity index (χ3v) is 1.46. The van der Waals surface area contributed by atoms with Gasteiger partial charge in [-0.15, -0.1) is 0 Å². The summed E-state index contributed by atoms with van der Waals surface area (Å²) in [5.74, 6) is -0.751. The number of aliphatic imine (C=N–C) groups is 1. The van der Waals surface area contributed by atoms with Crippen LogP contribution in [0.2, 0.25) is 0 Å². The van der Waals surface area contributed by atoms with E-state index in [9.17, 15) is 10.1 Å². The monoisotopic (exact) mass is 210 g/mol. The van der Waals surface area contributed by atoms with Crippen LogP contribution < -0.4 is 11.1 Å². The van der Waals surface area contributed by atoms with Gasteiger partial charge in [-0.3, -0.25) is 0 Å². The molecule has 0 aromatic heterocycles. The van der Waals surface area contributed by atoms with Gasteiger partial charge in [0, 0.05) is 0 Å². The van der Waals surface area contributed by atoms with E-state index in [0.29, 0.717) is 0 Å². The lowest BCUT2D eigenvalue weighted by atomic mass is 10.5. The zero-order chi connectivity index (χ0) is 9.35. The number of alkyl halides is 2. The highest BCUT2D eigenvalue weighted by Gasteiger charge is 2.35. The molecule has 0 aromatic rings. The summed E-state index contributed by atoms with van der Waals surface area (Å²) in [5, 5.41) is 12.4. The van der Waals surface area contributed by atoms with Crippen LogP contribution >= 0.6 is 23.2 Å². The maximum Gasteiger partial charge on any atom is 0.361 e. The van der Waals surface area contributed by atoms with Crippen molar-refractivity contribution < 1.29 is 4.92 Å². The maximum atomic E-state index is 10.3. The number of nitro groups is 1. The van der Waals surface area contributed by atoms with E-state index in [4.69, 9.17) is 28.9 Å². The van der Waals surface area contributed by atoms with E-state index >= 15 is 0 Å². The minimum absolute atomic E-state index is 0.253. The molecule has 0 amide bonds. The van der Waals surface area contributed by atoms with E-state index in [2.05, 4.69) is 10.3 Å². The van der Waals surface area contributed by atoms with E-state index < -0.39 is 15.2 Å². The molecule has 1 heterocycles. The van der Waals surface area contributed by atoms with E-state index in [1.54, 1.807) is 0 Å². The number of rotatable bonds is 1. The molecule has 6 nitrogen and oxygen atoms in total. The molecule has 0 saturated heterocycles. The van der Waals surface area contributed by atoms with Crippen LogP contribution in [0.4, 0.5) is 0 Å². The van der Waals surface area contributed by atoms with Crippen LogP contribution in [0, 0.1) is 10.1 Å². The fraction of sp³-hybridized carbons (Fsp3) is 0.250. The normalized spacial score (nSPS) is 20.5. The average molecular weight is 211 g/mol. The minimum atomic E-state index is -1.56. The fourth-order valence-electron chi connectivity index (χ4n) is 0.605. The van der Waals surface area contributed by atoms with Crippen molar-refractivity contribution in [2.45, 2.75) is 4.46 Å². The summed E-state index contributed by atoms with van der Waals surface area (Å²) in [6.45, 7) is 0. The number of hydrogen-bond donors (Lipinski definition) is 2. The third kappa shape index (κ3) is 1.77. The molecule has 0 radical (unpaired) electrons. The van der Waals surface area contributed by atoms with Gasteiger partial charge in [0.05, 0.1) is 6.21 Å². The van der Waals surface area contributed by atoms with E-state index in [0.717, 1.165) is 6.21 Å². The second kappa shape index (κ2) is 2.80. The van der Waals surface area contributed by atoms with E-state index in [1.807, 2.05) is 0 Å². The van der Waals surface area contributed by atoms with Gasteiger partial charge in [0.25, 0.3) is 4.46 Å². The van der Waals surface area contributed by atoms with Crippen molar-refractivity contribution in [3.8, 4) is 0 Å². The highest BCUT2D eigenvalue weighted by molar-refractivity contribution is 6.56. The first-order valence-corrected chi connectivity index (χ1v) is 3.53. The molecular formula is C4H4Cl2N4O2. The van der Waals surface area contributed by atoms with Crippen LogP contribution in [0.25, 0.3) is 0 Å². The number of nitrogens with one attached hydrogen (secondary N) is 1. The first-order chi connectivity index (χ1) is 5.42. The molecule has 0 spiro atoms. The van der Waals surface area contributed by atoms with Gasteiger partial charge in [0.2, 0.25) is 5.82 Å². The number of nitrogens with zero attached hydrogens (tertiary/aromatic N) is 2. The molecule has 0 unspecified atom stereocenters. The molecule has 0 aromatic carbocycles. The van der Waals surface area contributed by atoms with Gasteiger partial charge in [0.15, 0.2) is 0 Å². The Morgan fingerprint density at radius 2 is 2.33 bits per heavy atom. The number of nitrogens with two attached hydrogens (primary N) is 1. The Morgan fingerprint density at radius 1 is 1.75 bits per heavy atom. The SMILES string of the molecule is NC1=C([N+](=O)[O-])NC(Cl)(Cl)C=N1. The summed E-state index contributed by atoms with van der Waals surface area (Å²) in [5.41, 5.74) is 5.16. The Labute approximate surface area is 77.2 Å². The summed E-state index contributed by atoms with van der Waals surface area (Å²) in [7, 11) is 0. The molecule has 0 bridgehead atoms. The van der Waals surface area contributed by atoms with Crippen LogP contribution in [0.1, 0.15) is 0 Å². The van der Waals surface area contributed by atoms with Crippen LogP contribution in [0.5, 0.6) is 0 Å². The second-order valence-corrected chi connectivity index (χ2v) is 3.38. The molecule has 66 valence electrons. The Hall–Kier alpha value is -1.01. The molecule has 3 N–H and O–H groups in total. The third-order valence-electron chi connectivity index (χ3n) is 1.08. The average Bonchev–Trinajstić information content (AvgIpc) is 1.94. The predicted molar refractivity (Wildman–Crippen MR) is 44.3 cm³/mol. The van der Waals surface area contributed by atoms with Gasteiger partial charge in [-0.1, -0.05) is 0 Å². The summed E-state index contributed by atoms with van der Waals surface area (Å²) in [4.78, 5) is 13.0. The Balaban J connectivity index is 2.99. The second-order valence-electron chi connectivity index (χ2n) is 2.00. The number of hydrogen-bond acceptors (Lipinski definition) is 5. The van der Waals surface area contributed by atoms with Crippen molar-refractivity contribution in [3.05, 3.63) is 21.8 Å². The molecule has 1 aliphatic rings. The van der Waals surface area contributed by atoms with Crippen LogP contribution in [-0.4, -0.2) is 15.6 Å². The Morgan fingerprint density at radius 3 is 2.75 bits per heavy atom. The van der Waals surface area contributed by atoms with Crippen LogP contribution in [-0.2, 0) is 0 Å². The van der Waals surface area contributed by atoms with E-state index in [-0.39, 0.29) is 5.82 Å². The zero-order valence-electron chi connectivity index (χ0n) is 5.62. The summed E-state index contributed by atoms with van der Waals surface area (Å²) in [6, 6.07) is 0. The van der Waals surface area contributed by atoms with Crippen LogP contribution in [0.15, 0.2) is 16.6 Å². The summed E-state index contributed by atoms with van der Waals surface area (Å²) >= 11 is 11.0. The van der Waals surface area contributed by atoms with Crippen molar-refractivity contribution in [1.82, 2.24) is 5.32 Å². The Bertz CT molecular complexity index is 285. The lowest BCUT2D eigenvalue weighted by Gasteiger charge is -2.16. The maximum absolute atomic E-state index is 10.3.